The second-order valence-corrected chi connectivity index (χ2v) is 5.91. The SMILES string of the molecule is NC1CCCCC1C(=O)NCc1cccc2ccccc12. The van der Waals surface area contributed by atoms with Crippen LogP contribution in [0.3, 0.4) is 0 Å². The second-order valence-electron chi connectivity index (χ2n) is 5.91. The summed E-state index contributed by atoms with van der Waals surface area (Å²) in [5, 5.41) is 5.48. The summed E-state index contributed by atoms with van der Waals surface area (Å²) in [6, 6.07) is 14.5. The zero-order valence-corrected chi connectivity index (χ0v) is 12.2. The van der Waals surface area contributed by atoms with Gasteiger partial charge in [-0.1, -0.05) is 55.3 Å². The van der Waals surface area contributed by atoms with Gasteiger partial charge < -0.3 is 11.1 Å². The van der Waals surface area contributed by atoms with E-state index in [1.165, 1.54) is 10.8 Å². The molecule has 2 atom stereocenters. The monoisotopic (exact) mass is 282 g/mol. The van der Waals surface area contributed by atoms with Crippen LogP contribution in [0.25, 0.3) is 10.8 Å². The van der Waals surface area contributed by atoms with E-state index in [1.807, 2.05) is 18.2 Å². The number of hydrogen-bond donors (Lipinski definition) is 2. The van der Waals surface area contributed by atoms with Crippen LogP contribution in [0.15, 0.2) is 42.5 Å². The molecule has 1 fully saturated rings. The zero-order chi connectivity index (χ0) is 14.7. The second kappa shape index (κ2) is 6.27. The molecule has 3 nitrogen and oxygen atoms in total. The number of hydrogen-bond acceptors (Lipinski definition) is 2. The molecule has 0 saturated heterocycles. The number of rotatable bonds is 3. The number of carbonyl (C=O) groups excluding carboxylic acids is 1. The fraction of sp³-hybridized carbons (Fsp3) is 0.389. The van der Waals surface area contributed by atoms with Crippen molar-refractivity contribution in [3.63, 3.8) is 0 Å². The van der Waals surface area contributed by atoms with Gasteiger partial charge in [0.05, 0.1) is 5.92 Å². The third-order valence-corrected chi connectivity index (χ3v) is 4.49. The number of benzene rings is 2. The zero-order valence-electron chi connectivity index (χ0n) is 12.2. The quantitative estimate of drug-likeness (QED) is 0.909. The Labute approximate surface area is 125 Å². The summed E-state index contributed by atoms with van der Waals surface area (Å²) in [4.78, 5) is 12.3. The summed E-state index contributed by atoms with van der Waals surface area (Å²) < 4.78 is 0. The predicted molar refractivity (Wildman–Crippen MR) is 85.7 cm³/mol. The number of nitrogens with two attached hydrogens (primary N) is 1. The molecule has 2 aromatic carbocycles. The van der Waals surface area contributed by atoms with Gasteiger partial charge in [0.2, 0.25) is 5.91 Å². The van der Waals surface area contributed by atoms with Gasteiger partial charge in [-0.25, -0.2) is 0 Å². The molecule has 3 rings (SSSR count). The van der Waals surface area contributed by atoms with Crippen LogP contribution < -0.4 is 11.1 Å². The van der Waals surface area contributed by atoms with Crippen molar-refractivity contribution in [1.82, 2.24) is 5.32 Å². The molecule has 1 aliphatic rings. The van der Waals surface area contributed by atoms with Gasteiger partial charge in [0.25, 0.3) is 0 Å². The van der Waals surface area contributed by atoms with Crippen molar-refractivity contribution in [2.45, 2.75) is 38.3 Å². The highest BCUT2D eigenvalue weighted by atomic mass is 16.1. The van der Waals surface area contributed by atoms with E-state index in [-0.39, 0.29) is 17.9 Å². The van der Waals surface area contributed by atoms with Crippen molar-refractivity contribution in [1.29, 1.82) is 0 Å². The van der Waals surface area contributed by atoms with E-state index in [4.69, 9.17) is 5.73 Å². The Morgan fingerprint density at radius 3 is 2.71 bits per heavy atom. The van der Waals surface area contributed by atoms with Crippen molar-refractivity contribution in [2.24, 2.45) is 11.7 Å². The van der Waals surface area contributed by atoms with Crippen LogP contribution in [0.4, 0.5) is 0 Å². The number of amides is 1. The molecule has 0 spiro atoms. The number of carbonyl (C=O) groups is 1. The van der Waals surface area contributed by atoms with Crippen molar-refractivity contribution >= 4 is 16.7 Å². The standard InChI is InChI=1S/C18H22N2O/c19-17-11-4-3-10-16(17)18(21)20-12-14-8-5-7-13-6-1-2-9-15(13)14/h1-2,5-9,16-17H,3-4,10-12,19H2,(H,20,21). The van der Waals surface area contributed by atoms with Crippen LogP contribution in [0.1, 0.15) is 31.2 Å². The van der Waals surface area contributed by atoms with Gasteiger partial charge >= 0.3 is 0 Å². The summed E-state index contributed by atoms with van der Waals surface area (Å²) in [5.74, 6) is 0.0869. The summed E-state index contributed by atoms with van der Waals surface area (Å²) >= 11 is 0. The Morgan fingerprint density at radius 2 is 1.86 bits per heavy atom. The smallest absolute Gasteiger partial charge is 0.224 e. The number of fused-ring (bicyclic) bond motifs is 1. The lowest BCUT2D eigenvalue weighted by Crippen LogP contribution is -2.43. The Hall–Kier alpha value is -1.87. The maximum atomic E-state index is 12.3. The van der Waals surface area contributed by atoms with Gasteiger partial charge in [0, 0.05) is 12.6 Å². The Bertz CT molecular complexity index is 633. The minimum Gasteiger partial charge on any atom is -0.352 e. The Kier molecular flexibility index (Phi) is 4.20. The lowest BCUT2D eigenvalue weighted by Gasteiger charge is -2.27. The topological polar surface area (TPSA) is 55.1 Å². The molecule has 0 aromatic heterocycles. The lowest BCUT2D eigenvalue weighted by atomic mass is 9.84. The van der Waals surface area contributed by atoms with Gasteiger partial charge in [-0.3, -0.25) is 4.79 Å². The molecule has 110 valence electrons. The van der Waals surface area contributed by atoms with Gasteiger partial charge in [-0.05, 0) is 29.2 Å². The summed E-state index contributed by atoms with van der Waals surface area (Å²) in [6.45, 7) is 0.573. The predicted octanol–water partition coefficient (Wildman–Crippen LogP) is 2.97. The average Bonchev–Trinajstić information content (AvgIpc) is 2.53. The Morgan fingerprint density at radius 1 is 1.10 bits per heavy atom. The van der Waals surface area contributed by atoms with E-state index >= 15 is 0 Å². The minimum atomic E-state index is -0.0197. The van der Waals surface area contributed by atoms with Crippen LogP contribution in [0, 0.1) is 5.92 Å². The van der Waals surface area contributed by atoms with Crippen molar-refractivity contribution in [3.8, 4) is 0 Å². The molecular weight excluding hydrogens is 260 g/mol. The Balaban J connectivity index is 1.70. The molecule has 2 aromatic rings. The van der Waals surface area contributed by atoms with Gasteiger partial charge in [0.1, 0.15) is 0 Å². The first kappa shape index (κ1) is 14.1. The van der Waals surface area contributed by atoms with Crippen LogP contribution in [-0.2, 0) is 11.3 Å². The third kappa shape index (κ3) is 3.08. The van der Waals surface area contributed by atoms with E-state index in [0.717, 1.165) is 31.2 Å². The maximum Gasteiger partial charge on any atom is 0.224 e. The normalized spacial score (nSPS) is 22.1. The molecule has 0 radical (unpaired) electrons. The van der Waals surface area contributed by atoms with E-state index < -0.39 is 0 Å². The molecule has 0 bridgehead atoms. The molecule has 1 amide bonds. The van der Waals surface area contributed by atoms with Crippen molar-refractivity contribution in [2.75, 3.05) is 0 Å². The maximum absolute atomic E-state index is 12.3. The van der Waals surface area contributed by atoms with Gasteiger partial charge in [-0.15, -0.1) is 0 Å². The molecule has 0 aliphatic heterocycles. The van der Waals surface area contributed by atoms with Crippen LogP contribution in [-0.4, -0.2) is 11.9 Å². The minimum absolute atomic E-state index is 0.0197. The van der Waals surface area contributed by atoms with Gasteiger partial charge in [-0.2, -0.15) is 0 Å². The highest BCUT2D eigenvalue weighted by molar-refractivity contribution is 5.86. The summed E-state index contributed by atoms with van der Waals surface area (Å²) in [6.07, 6.45) is 4.14. The highest BCUT2D eigenvalue weighted by Gasteiger charge is 2.27. The molecule has 21 heavy (non-hydrogen) atoms. The fourth-order valence-electron chi connectivity index (χ4n) is 3.25. The van der Waals surface area contributed by atoms with Crippen LogP contribution in [0.2, 0.25) is 0 Å². The van der Waals surface area contributed by atoms with Crippen LogP contribution in [0.5, 0.6) is 0 Å². The van der Waals surface area contributed by atoms with E-state index in [0.29, 0.717) is 6.54 Å². The first-order valence-corrected chi connectivity index (χ1v) is 7.75. The van der Waals surface area contributed by atoms with E-state index in [9.17, 15) is 4.79 Å². The van der Waals surface area contributed by atoms with Gasteiger partial charge in [0.15, 0.2) is 0 Å². The number of nitrogens with one attached hydrogen (secondary N) is 1. The van der Waals surface area contributed by atoms with Crippen molar-refractivity contribution in [3.05, 3.63) is 48.0 Å². The first-order valence-electron chi connectivity index (χ1n) is 7.75. The highest BCUT2D eigenvalue weighted by Crippen LogP contribution is 2.23. The molecule has 1 saturated carbocycles. The molecule has 1 aliphatic carbocycles. The third-order valence-electron chi connectivity index (χ3n) is 4.49. The molecule has 3 heteroatoms. The van der Waals surface area contributed by atoms with E-state index in [2.05, 4.69) is 29.6 Å². The lowest BCUT2D eigenvalue weighted by molar-refractivity contribution is -0.126. The van der Waals surface area contributed by atoms with Crippen molar-refractivity contribution < 1.29 is 4.79 Å². The van der Waals surface area contributed by atoms with E-state index in [1.54, 1.807) is 0 Å². The molecular formula is C18H22N2O. The molecule has 3 N–H and O–H groups in total. The average molecular weight is 282 g/mol. The largest absolute Gasteiger partial charge is 0.352 e. The molecule has 0 heterocycles. The first-order chi connectivity index (χ1) is 10.3. The summed E-state index contributed by atoms with van der Waals surface area (Å²) in [7, 11) is 0. The van der Waals surface area contributed by atoms with Crippen LogP contribution >= 0.6 is 0 Å². The molecule has 2 unspecified atom stereocenters. The fourth-order valence-corrected chi connectivity index (χ4v) is 3.25. The summed E-state index contributed by atoms with van der Waals surface area (Å²) in [5.41, 5.74) is 7.24.